The Balaban J connectivity index is 1.80. The van der Waals surface area contributed by atoms with E-state index in [0.717, 1.165) is 24.3 Å². The van der Waals surface area contributed by atoms with Gasteiger partial charge in [0.1, 0.15) is 0 Å². The molecule has 88 valence electrons. The summed E-state index contributed by atoms with van der Waals surface area (Å²) in [4.78, 5) is 0. The van der Waals surface area contributed by atoms with Crippen molar-refractivity contribution in [2.24, 2.45) is 23.5 Å². The molecule has 0 aromatic carbocycles. The van der Waals surface area contributed by atoms with Crippen LogP contribution >= 0.6 is 0 Å². The number of nitrogens with two attached hydrogens (primary N) is 1. The highest BCUT2D eigenvalue weighted by atomic mass is 15.0. The Morgan fingerprint density at radius 3 is 2.67 bits per heavy atom. The summed E-state index contributed by atoms with van der Waals surface area (Å²) in [5.41, 5.74) is 6.26. The van der Waals surface area contributed by atoms with Crippen molar-refractivity contribution in [1.82, 2.24) is 5.32 Å². The van der Waals surface area contributed by atoms with Gasteiger partial charge in [0.2, 0.25) is 0 Å². The molecule has 0 amide bonds. The van der Waals surface area contributed by atoms with Gasteiger partial charge in [-0.2, -0.15) is 0 Å². The molecule has 0 saturated heterocycles. The molecule has 0 bridgehead atoms. The zero-order valence-electron chi connectivity index (χ0n) is 10.3. The molecule has 0 spiro atoms. The van der Waals surface area contributed by atoms with E-state index in [1.54, 1.807) is 0 Å². The highest BCUT2D eigenvalue weighted by Gasteiger charge is 2.39. The van der Waals surface area contributed by atoms with Crippen LogP contribution in [0.5, 0.6) is 0 Å². The van der Waals surface area contributed by atoms with Crippen LogP contribution in [0.1, 0.15) is 46.0 Å². The Morgan fingerprint density at radius 2 is 2.20 bits per heavy atom. The summed E-state index contributed by atoms with van der Waals surface area (Å²) in [7, 11) is 0. The van der Waals surface area contributed by atoms with Gasteiger partial charge in [0, 0.05) is 12.1 Å². The van der Waals surface area contributed by atoms with Crippen LogP contribution < -0.4 is 11.1 Å². The van der Waals surface area contributed by atoms with E-state index in [0.29, 0.717) is 5.54 Å². The van der Waals surface area contributed by atoms with E-state index in [9.17, 15) is 0 Å². The Kier molecular flexibility index (Phi) is 3.36. The first kappa shape index (κ1) is 11.4. The van der Waals surface area contributed by atoms with Crippen LogP contribution in [0, 0.1) is 17.8 Å². The largest absolute Gasteiger partial charge is 0.329 e. The van der Waals surface area contributed by atoms with E-state index in [4.69, 9.17) is 5.73 Å². The smallest absolute Gasteiger partial charge is 0.0306 e. The van der Waals surface area contributed by atoms with Crippen LogP contribution in [0.25, 0.3) is 0 Å². The van der Waals surface area contributed by atoms with E-state index in [2.05, 4.69) is 19.2 Å². The third-order valence-electron chi connectivity index (χ3n) is 4.69. The molecule has 2 aliphatic rings. The lowest BCUT2D eigenvalue weighted by atomic mass is 9.95. The molecule has 0 aromatic rings. The highest BCUT2D eigenvalue weighted by Crippen LogP contribution is 2.40. The first-order valence-electron chi connectivity index (χ1n) is 6.64. The Bertz CT molecular complexity index is 217. The van der Waals surface area contributed by atoms with Crippen molar-refractivity contribution in [3.05, 3.63) is 0 Å². The van der Waals surface area contributed by atoms with Crippen LogP contribution in [0.15, 0.2) is 0 Å². The maximum atomic E-state index is 5.96. The van der Waals surface area contributed by atoms with Crippen LogP contribution in [-0.4, -0.2) is 18.6 Å². The summed E-state index contributed by atoms with van der Waals surface area (Å²) >= 11 is 0. The van der Waals surface area contributed by atoms with Gasteiger partial charge in [0.15, 0.2) is 0 Å². The standard InChI is InChI=1S/C13H26N2/c1-3-11-4-5-13(7-11,9-14)15-8-12-6-10(12)2/h10-12,15H,3-9,14H2,1-2H3. The van der Waals surface area contributed by atoms with Gasteiger partial charge in [0.25, 0.3) is 0 Å². The average Bonchev–Trinajstić information content (AvgIpc) is 2.82. The molecule has 2 heteroatoms. The quantitative estimate of drug-likeness (QED) is 0.729. The summed E-state index contributed by atoms with van der Waals surface area (Å²) < 4.78 is 0. The molecule has 4 atom stereocenters. The van der Waals surface area contributed by atoms with Gasteiger partial charge in [-0.25, -0.2) is 0 Å². The Hall–Kier alpha value is -0.0800. The molecular weight excluding hydrogens is 184 g/mol. The van der Waals surface area contributed by atoms with Crippen molar-refractivity contribution in [2.75, 3.05) is 13.1 Å². The lowest BCUT2D eigenvalue weighted by Crippen LogP contribution is -2.50. The molecule has 15 heavy (non-hydrogen) atoms. The third-order valence-corrected chi connectivity index (χ3v) is 4.69. The lowest BCUT2D eigenvalue weighted by Gasteiger charge is -2.29. The van der Waals surface area contributed by atoms with E-state index in [-0.39, 0.29) is 0 Å². The van der Waals surface area contributed by atoms with Gasteiger partial charge in [0.05, 0.1) is 0 Å². The minimum atomic E-state index is 0.295. The summed E-state index contributed by atoms with van der Waals surface area (Å²) in [6.45, 7) is 6.69. The minimum Gasteiger partial charge on any atom is -0.329 e. The number of nitrogens with one attached hydrogen (secondary N) is 1. The molecule has 2 aliphatic carbocycles. The topological polar surface area (TPSA) is 38.0 Å². The Morgan fingerprint density at radius 1 is 1.47 bits per heavy atom. The predicted octanol–water partition coefficient (Wildman–Crippen LogP) is 2.14. The second-order valence-electron chi connectivity index (χ2n) is 5.86. The number of hydrogen-bond donors (Lipinski definition) is 2. The van der Waals surface area contributed by atoms with Crippen molar-refractivity contribution < 1.29 is 0 Å². The highest BCUT2D eigenvalue weighted by molar-refractivity contribution is 4.98. The minimum absolute atomic E-state index is 0.295. The molecular formula is C13H26N2. The van der Waals surface area contributed by atoms with Crippen LogP contribution in [0.4, 0.5) is 0 Å². The fraction of sp³-hybridized carbons (Fsp3) is 1.00. The van der Waals surface area contributed by atoms with Crippen molar-refractivity contribution in [2.45, 2.75) is 51.5 Å². The molecule has 0 radical (unpaired) electrons. The fourth-order valence-corrected chi connectivity index (χ4v) is 3.03. The zero-order chi connectivity index (χ0) is 10.9. The average molecular weight is 210 g/mol. The predicted molar refractivity (Wildman–Crippen MR) is 64.7 cm³/mol. The van der Waals surface area contributed by atoms with E-state index in [1.165, 1.54) is 38.6 Å². The van der Waals surface area contributed by atoms with Crippen LogP contribution in [0.2, 0.25) is 0 Å². The lowest BCUT2D eigenvalue weighted by molar-refractivity contribution is 0.319. The summed E-state index contributed by atoms with van der Waals surface area (Å²) in [5, 5.41) is 3.78. The molecule has 3 N–H and O–H groups in total. The normalized spacial score (nSPS) is 44.6. The molecule has 2 saturated carbocycles. The van der Waals surface area contributed by atoms with Gasteiger partial charge >= 0.3 is 0 Å². The molecule has 2 rings (SSSR count). The van der Waals surface area contributed by atoms with E-state index >= 15 is 0 Å². The summed E-state index contributed by atoms with van der Waals surface area (Å²) in [5.74, 6) is 2.81. The van der Waals surface area contributed by atoms with Crippen molar-refractivity contribution >= 4 is 0 Å². The maximum Gasteiger partial charge on any atom is 0.0306 e. The fourth-order valence-electron chi connectivity index (χ4n) is 3.03. The summed E-state index contributed by atoms with van der Waals surface area (Å²) in [6.07, 6.45) is 6.72. The number of rotatable bonds is 5. The van der Waals surface area contributed by atoms with Crippen LogP contribution in [-0.2, 0) is 0 Å². The van der Waals surface area contributed by atoms with Crippen molar-refractivity contribution in [3.8, 4) is 0 Å². The molecule has 0 aromatic heterocycles. The van der Waals surface area contributed by atoms with Gasteiger partial charge in [-0.1, -0.05) is 20.3 Å². The Labute approximate surface area is 94.0 Å². The first-order valence-corrected chi connectivity index (χ1v) is 6.64. The van der Waals surface area contributed by atoms with Gasteiger partial charge in [-0.15, -0.1) is 0 Å². The summed E-state index contributed by atoms with van der Waals surface area (Å²) in [6, 6.07) is 0. The van der Waals surface area contributed by atoms with Gasteiger partial charge in [-0.3, -0.25) is 0 Å². The molecule has 0 heterocycles. The molecule has 2 fully saturated rings. The van der Waals surface area contributed by atoms with Crippen LogP contribution in [0.3, 0.4) is 0 Å². The second kappa shape index (κ2) is 4.42. The number of hydrogen-bond acceptors (Lipinski definition) is 2. The maximum absolute atomic E-state index is 5.96. The third kappa shape index (κ3) is 2.54. The SMILES string of the molecule is CCC1CCC(CN)(NCC2CC2C)C1. The van der Waals surface area contributed by atoms with Crippen molar-refractivity contribution in [1.29, 1.82) is 0 Å². The first-order chi connectivity index (χ1) is 7.19. The van der Waals surface area contributed by atoms with Gasteiger partial charge < -0.3 is 11.1 Å². The van der Waals surface area contributed by atoms with E-state index < -0.39 is 0 Å². The van der Waals surface area contributed by atoms with Crippen molar-refractivity contribution in [3.63, 3.8) is 0 Å². The monoisotopic (exact) mass is 210 g/mol. The molecule has 0 aliphatic heterocycles. The van der Waals surface area contributed by atoms with E-state index in [1.807, 2.05) is 0 Å². The van der Waals surface area contributed by atoms with Gasteiger partial charge in [-0.05, 0) is 50.0 Å². The molecule has 4 unspecified atom stereocenters. The second-order valence-corrected chi connectivity index (χ2v) is 5.86. The zero-order valence-corrected chi connectivity index (χ0v) is 10.3. The molecule has 2 nitrogen and oxygen atoms in total.